The average Bonchev–Trinajstić information content (AvgIpc) is 2.46. The first-order valence-corrected chi connectivity index (χ1v) is 5.72. The molecule has 102 valence electrons. The molecule has 0 aliphatic heterocycles. The summed E-state index contributed by atoms with van der Waals surface area (Å²) in [5, 5.41) is 10.7. The van der Waals surface area contributed by atoms with Crippen molar-refractivity contribution < 1.29 is 9.72 Å². The largest absolute Gasteiger partial charge is 0.393 e. The maximum atomic E-state index is 12.3. The van der Waals surface area contributed by atoms with Gasteiger partial charge in [-0.2, -0.15) is 0 Å². The quantitative estimate of drug-likeness (QED) is 0.521. The second-order valence-corrected chi connectivity index (χ2v) is 4.10. The van der Waals surface area contributed by atoms with E-state index in [0.29, 0.717) is 5.69 Å². The van der Waals surface area contributed by atoms with Crippen LogP contribution in [0, 0.1) is 10.1 Å². The van der Waals surface area contributed by atoms with Crippen molar-refractivity contribution in [3.8, 4) is 0 Å². The molecule has 0 saturated heterocycles. The predicted molar refractivity (Wildman–Crippen MR) is 74.5 cm³/mol. The number of hydrogen-bond donors (Lipinski definition) is 1. The van der Waals surface area contributed by atoms with Crippen LogP contribution in [-0.2, 0) is 0 Å². The lowest BCUT2D eigenvalue weighted by atomic mass is 10.1. The topological polar surface area (TPSA) is 102 Å². The van der Waals surface area contributed by atoms with Crippen molar-refractivity contribution in [3.63, 3.8) is 0 Å². The number of aromatic nitrogens is 1. The van der Waals surface area contributed by atoms with Gasteiger partial charge < -0.3 is 10.6 Å². The predicted octanol–water partition coefficient (Wildman–Crippen LogP) is 1.85. The molecule has 0 saturated carbocycles. The summed E-state index contributed by atoms with van der Waals surface area (Å²) >= 11 is 0. The Hall–Kier alpha value is -2.96. The van der Waals surface area contributed by atoms with E-state index < -0.39 is 4.92 Å². The van der Waals surface area contributed by atoms with Gasteiger partial charge in [0.2, 0.25) is 0 Å². The molecule has 2 aromatic rings. The van der Waals surface area contributed by atoms with Gasteiger partial charge in [0.25, 0.3) is 11.6 Å². The number of nitro groups is 1. The first-order valence-electron chi connectivity index (χ1n) is 5.72. The third-order valence-electron chi connectivity index (χ3n) is 2.83. The van der Waals surface area contributed by atoms with E-state index >= 15 is 0 Å². The van der Waals surface area contributed by atoms with Crippen LogP contribution in [0.4, 0.5) is 17.1 Å². The van der Waals surface area contributed by atoms with Gasteiger partial charge in [0, 0.05) is 36.8 Å². The smallest absolute Gasteiger partial charge is 0.292 e. The first-order chi connectivity index (χ1) is 9.50. The summed E-state index contributed by atoms with van der Waals surface area (Å²) < 4.78 is 0. The number of nitro benzene ring substituents is 1. The van der Waals surface area contributed by atoms with Gasteiger partial charge in [-0.25, -0.2) is 0 Å². The summed E-state index contributed by atoms with van der Waals surface area (Å²) in [5.74, 6) is -0.308. The fourth-order valence-corrected chi connectivity index (χ4v) is 1.73. The number of nitrogens with two attached hydrogens (primary N) is 1. The Morgan fingerprint density at radius 1 is 1.30 bits per heavy atom. The number of nitrogens with zero attached hydrogens (tertiary/aromatic N) is 3. The Morgan fingerprint density at radius 2 is 1.95 bits per heavy atom. The second-order valence-electron chi connectivity index (χ2n) is 4.10. The summed E-state index contributed by atoms with van der Waals surface area (Å²) in [7, 11) is 1.61. The van der Waals surface area contributed by atoms with E-state index in [9.17, 15) is 14.9 Å². The second kappa shape index (κ2) is 5.35. The van der Waals surface area contributed by atoms with Crippen LogP contribution in [0.25, 0.3) is 0 Å². The molecule has 1 heterocycles. The molecular formula is C13H12N4O3. The lowest BCUT2D eigenvalue weighted by Gasteiger charge is -2.17. The molecular weight excluding hydrogens is 260 g/mol. The normalized spacial score (nSPS) is 10.1. The van der Waals surface area contributed by atoms with E-state index in [0.717, 1.165) is 0 Å². The summed E-state index contributed by atoms with van der Waals surface area (Å²) in [6.07, 6.45) is 3.15. The van der Waals surface area contributed by atoms with Crippen LogP contribution in [-0.4, -0.2) is 22.9 Å². The minimum Gasteiger partial charge on any atom is -0.393 e. The van der Waals surface area contributed by atoms with Crippen molar-refractivity contribution in [2.75, 3.05) is 17.7 Å². The molecule has 1 aromatic carbocycles. The molecule has 2 N–H and O–H groups in total. The highest BCUT2D eigenvalue weighted by molar-refractivity contribution is 6.06. The highest BCUT2D eigenvalue weighted by Gasteiger charge is 2.17. The maximum absolute atomic E-state index is 12.3. The maximum Gasteiger partial charge on any atom is 0.292 e. The van der Waals surface area contributed by atoms with E-state index in [1.165, 1.54) is 23.1 Å². The number of rotatable bonds is 3. The molecule has 0 bridgehead atoms. The standard InChI is InChI=1S/C13H12N4O3/c1-16(10-4-6-15-7-5-10)13(18)9-2-3-12(17(19)20)11(14)8-9/h2-8H,14H2,1H3. The number of carbonyl (C=O) groups excluding carboxylic acids is 1. The van der Waals surface area contributed by atoms with Gasteiger partial charge in [0.1, 0.15) is 5.69 Å². The molecule has 0 unspecified atom stereocenters. The monoisotopic (exact) mass is 272 g/mol. The third-order valence-corrected chi connectivity index (χ3v) is 2.83. The van der Waals surface area contributed by atoms with E-state index in [1.54, 1.807) is 31.6 Å². The van der Waals surface area contributed by atoms with Crippen LogP contribution in [0.15, 0.2) is 42.7 Å². The fourth-order valence-electron chi connectivity index (χ4n) is 1.73. The van der Waals surface area contributed by atoms with Crippen LogP contribution in [0.2, 0.25) is 0 Å². The summed E-state index contributed by atoms with van der Waals surface area (Å²) in [5.41, 5.74) is 6.28. The molecule has 1 aromatic heterocycles. The molecule has 0 aliphatic carbocycles. The Balaban J connectivity index is 2.30. The number of carbonyl (C=O) groups is 1. The number of hydrogen-bond acceptors (Lipinski definition) is 5. The van der Waals surface area contributed by atoms with Gasteiger partial charge in [0.05, 0.1) is 4.92 Å². The van der Waals surface area contributed by atoms with Crippen molar-refractivity contribution in [3.05, 3.63) is 58.4 Å². The van der Waals surface area contributed by atoms with Crippen molar-refractivity contribution in [2.45, 2.75) is 0 Å². The van der Waals surface area contributed by atoms with Gasteiger partial charge in [-0.05, 0) is 24.3 Å². The highest BCUT2D eigenvalue weighted by atomic mass is 16.6. The summed E-state index contributed by atoms with van der Waals surface area (Å²) in [4.78, 5) is 27.6. The van der Waals surface area contributed by atoms with Gasteiger partial charge in [-0.1, -0.05) is 0 Å². The van der Waals surface area contributed by atoms with E-state index in [-0.39, 0.29) is 22.8 Å². The van der Waals surface area contributed by atoms with E-state index in [2.05, 4.69) is 4.98 Å². The minimum atomic E-state index is -0.587. The molecule has 7 nitrogen and oxygen atoms in total. The zero-order valence-corrected chi connectivity index (χ0v) is 10.7. The van der Waals surface area contributed by atoms with Crippen molar-refractivity contribution in [2.24, 2.45) is 0 Å². The SMILES string of the molecule is CN(C(=O)c1ccc([N+](=O)[O-])c(N)c1)c1ccncc1. The number of anilines is 2. The molecule has 1 amide bonds. The summed E-state index contributed by atoms with van der Waals surface area (Å²) in [6.45, 7) is 0. The number of benzene rings is 1. The molecule has 0 atom stereocenters. The molecule has 0 fully saturated rings. The van der Waals surface area contributed by atoms with E-state index in [1.807, 2.05) is 0 Å². The van der Waals surface area contributed by atoms with Crippen LogP contribution >= 0.6 is 0 Å². The molecule has 20 heavy (non-hydrogen) atoms. The highest BCUT2D eigenvalue weighted by Crippen LogP contribution is 2.23. The molecule has 7 heteroatoms. The van der Waals surface area contributed by atoms with E-state index in [4.69, 9.17) is 5.73 Å². The number of amides is 1. The average molecular weight is 272 g/mol. The van der Waals surface area contributed by atoms with Gasteiger partial charge in [-0.15, -0.1) is 0 Å². The minimum absolute atomic E-state index is 0.0380. The molecule has 0 aliphatic rings. The van der Waals surface area contributed by atoms with Crippen LogP contribution in [0.1, 0.15) is 10.4 Å². The Bertz CT molecular complexity index is 658. The van der Waals surface area contributed by atoms with Crippen molar-refractivity contribution >= 4 is 23.0 Å². The zero-order chi connectivity index (χ0) is 14.7. The summed E-state index contributed by atoms with van der Waals surface area (Å²) in [6, 6.07) is 7.29. The Labute approximate surface area is 114 Å². The van der Waals surface area contributed by atoms with Gasteiger partial charge in [-0.3, -0.25) is 19.9 Å². The van der Waals surface area contributed by atoms with Gasteiger partial charge >= 0.3 is 0 Å². The number of pyridine rings is 1. The molecule has 0 radical (unpaired) electrons. The first kappa shape index (κ1) is 13.5. The third kappa shape index (κ3) is 2.56. The van der Waals surface area contributed by atoms with Crippen molar-refractivity contribution in [1.29, 1.82) is 0 Å². The zero-order valence-electron chi connectivity index (χ0n) is 10.7. The molecule has 2 rings (SSSR count). The lowest BCUT2D eigenvalue weighted by Crippen LogP contribution is -2.26. The molecule has 0 spiro atoms. The lowest BCUT2D eigenvalue weighted by molar-refractivity contribution is -0.383. The van der Waals surface area contributed by atoms with Crippen LogP contribution in [0.3, 0.4) is 0 Å². The fraction of sp³-hybridized carbons (Fsp3) is 0.0769. The van der Waals surface area contributed by atoms with Crippen molar-refractivity contribution in [1.82, 2.24) is 4.98 Å². The number of nitrogen functional groups attached to an aromatic ring is 1. The Kier molecular flexibility index (Phi) is 3.60. The Morgan fingerprint density at radius 3 is 2.50 bits per heavy atom. The van der Waals surface area contributed by atoms with Crippen LogP contribution < -0.4 is 10.6 Å². The van der Waals surface area contributed by atoms with Crippen LogP contribution in [0.5, 0.6) is 0 Å². The van der Waals surface area contributed by atoms with Gasteiger partial charge in [0.15, 0.2) is 0 Å².